The molecule has 0 unspecified atom stereocenters. The van der Waals surface area contributed by atoms with E-state index in [0.29, 0.717) is 29.7 Å². The normalized spacial score (nSPS) is 20.5. The highest BCUT2D eigenvalue weighted by Crippen LogP contribution is 2.37. The Hall–Kier alpha value is -3.00. The molecule has 1 fully saturated rings. The predicted molar refractivity (Wildman–Crippen MR) is 93.7 cm³/mol. The molecule has 3 aromatic rings. The lowest BCUT2D eigenvalue weighted by Crippen LogP contribution is -2.42. The second kappa shape index (κ2) is 6.38. The highest BCUT2D eigenvalue weighted by atomic mass is 16.3. The third-order valence-electron chi connectivity index (χ3n) is 4.92. The fourth-order valence-corrected chi connectivity index (χ4v) is 3.41. The highest BCUT2D eigenvalue weighted by Gasteiger charge is 2.36. The van der Waals surface area contributed by atoms with Gasteiger partial charge in [0.1, 0.15) is 0 Å². The van der Waals surface area contributed by atoms with Gasteiger partial charge in [0.25, 0.3) is 11.5 Å². The van der Waals surface area contributed by atoms with Gasteiger partial charge in [0.15, 0.2) is 5.65 Å². The van der Waals surface area contributed by atoms with Crippen molar-refractivity contribution in [3.05, 3.63) is 64.0 Å². The van der Waals surface area contributed by atoms with E-state index in [-0.39, 0.29) is 29.5 Å². The average Bonchev–Trinajstić information content (AvgIpc) is 2.99. The molecule has 3 aromatic heterocycles. The third-order valence-corrected chi connectivity index (χ3v) is 4.92. The van der Waals surface area contributed by atoms with Crippen LogP contribution in [0.15, 0.2) is 41.5 Å². The number of nitrogens with one attached hydrogen (secondary N) is 2. The third kappa shape index (κ3) is 2.88. The fourth-order valence-electron chi connectivity index (χ4n) is 3.41. The zero-order valence-electron chi connectivity index (χ0n) is 14.2. The summed E-state index contributed by atoms with van der Waals surface area (Å²) in [5.41, 5.74) is 1.94. The molecule has 0 radical (unpaired) electrons. The maximum atomic E-state index is 12.9. The van der Waals surface area contributed by atoms with E-state index in [4.69, 9.17) is 0 Å². The van der Waals surface area contributed by atoms with E-state index in [1.165, 1.54) is 16.8 Å². The van der Waals surface area contributed by atoms with Crippen molar-refractivity contribution in [3.63, 3.8) is 0 Å². The van der Waals surface area contributed by atoms with Gasteiger partial charge in [0, 0.05) is 18.5 Å². The molecule has 3 heterocycles. The number of carbonyl (C=O) groups excluding carboxylic acids is 1. The van der Waals surface area contributed by atoms with Gasteiger partial charge in [-0.25, -0.2) is 9.50 Å². The number of aromatic amines is 1. The minimum atomic E-state index is -0.326. The largest absolute Gasteiger partial charge is 0.393 e. The number of aryl methyl sites for hydroxylation is 1. The monoisotopic (exact) mass is 353 g/mol. The number of pyridine rings is 1. The first-order chi connectivity index (χ1) is 12.5. The van der Waals surface area contributed by atoms with E-state index in [0.717, 1.165) is 5.69 Å². The first kappa shape index (κ1) is 16.5. The van der Waals surface area contributed by atoms with Crippen LogP contribution < -0.4 is 10.9 Å². The molecular formula is C18H19N5O3. The molecule has 0 bridgehead atoms. The second-order valence-electron chi connectivity index (χ2n) is 6.66. The van der Waals surface area contributed by atoms with Crippen molar-refractivity contribution < 1.29 is 9.90 Å². The lowest BCUT2D eigenvalue weighted by molar-refractivity contribution is 0.0228. The summed E-state index contributed by atoms with van der Waals surface area (Å²) < 4.78 is 1.50. The number of H-pyrrole nitrogens is 1. The van der Waals surface area contributed by atoms with E-state index in [9.17, 15) is 14.7 Å². The van der Waals surface area contributed by atoms with Crippen LogP contribution in [0.25, 0.3) is 5.65 Å². The van der Waals surface area contributed by atoms with Crippen LogP contribution >= 0.6 is 0 Å². The zero-order valence-corrected chi connectivity index (χ0v) is 14.2. The zero-order chi connectivity index (χ0) is 18.3. The van der Waals surface area contributed by atoms with Crippen molar-refractivity contribution in [2.24, 2.45) is 5.92 Å². The molecular weight excluding hydrogens is 334 g/mol. The van der Waals surface area contributed by atoms with Gasteiger partial charge in [-0.3, -0.25) is 19.7 Å². The number of nitrogens with zero attached hydrogens (tertiary/aromatic N) is 3. The number of aliphatic hydroxyl groups excluding tert-OH is 1. The first-order valence-electron chi connectivity index (χ1n) is 8.50. The van der Waals surface area contributed by atoms with Crippen molar-refractivity contribution >= 4 is 11.6 Å². The molecule has 0 saturated heterocycles. The van der Waals surface area contributed by atoms with Gasteiger partial charge in [-0.2, -0.15) is 0 Å². The molecule has 3 N–H and O–H groups in total. The van der Waals surface area contributed by atoms with Crippen LogP contribution in [0.2, 0.25) is 0 Å². The Labute approximate surface area is 148 Å². The molecule has 1 aliphatic rings. The minimum Gasteiger partial charge on any atom is -0.393 e. The molecule has 0 aliphatic heterocycles. The van der Waals surface area contributed by atoms with Crippen molar-refractivity contribution in [1.29, 1.82) is 0 Å². The number of aromatic nitrogens is 4. The highest BCUT2D eigenvalue weighted by molar-refractivity contribution is 5.95. The summed E-state index contributed by atoms with van der Waals surface area (Å²) in [5.74, 6) is -0.157. The number of rotatable bonds is 4. The van der Waals surface area contributed by atoms with Gasteiger partial charge in [-0.05, 0) is 37.8 Å². The summed E-state index contributed by atoms with van der Waals surface area (Å²) in [6, 6.07) is 6.66. The van der Waals surface area contributed by atoms with Gasteiger partial charge in [-0.1, -0.05) is 6.07 Å². The molecule has 1 atom stereocenters. The van der Waals surface area contributed by atoms with Gasteiger partial charge < -0.3 is 10.4 Å². The van der Waals surface area contributed by atoms with Crippen LogP contribution in [0, 0.1) is 12.8 Å². The minimum absolute atomic E-state index is 0.132. The number of carbonyl (C=O) groups is 1. The van der Waals surface area contributed by atoms with Crippen LogP contribution in [-0.4, -0.2) is 36.7 Å². The summed E-state index contributed by atoms with van der Waals surface area (Å²) in [5, 5.41) is 15.3. The molecule has 8 heteroatoms. The lowest BCUT2D eigenvalue weighted by atomic mass is 9.76. The Bertz CT molecular complexity index is 1000. The Morgan fingerprint density at radius 3 is 2.88 bits per heavy atom. The van der Waals surface area contributed by atoms with Gasteiger partial charge >= 0.3 is 0 Å². The maximum Gasteiger partial charge on any atom is 0.266 e. The Morgan fingerprint density at radius 1 is 1.38 bits per heavy atom. The van der Waals surface area contributed by atoms with Gasteiger partial charge in [-0.15, -0.1) is 0 Å². The van der Waals surface area contributed by atoms with Crippen LogP contribution in [0.5, 0.6) is 0 Å². The van der Waals surface area contributed by atoms with E-state index < -0.39 is 0 Å². The number of amides is 1. The van der Waals surface area contributed by atoms with Crippen molar-refractivity contribution in [1.82, 2.24) is 24.9 Å². The standard InChI is InChI=1S/C18H19N5O3/c1-10-13(9-20-15-8-16(25)22-23(10)15)18(26)21-17(11-6-12(24)7-11)14-4-2-3-5-19-14/h2-5,8-9,11-12,17,24H,6-7H2,1H3,(H,21,26)(H,22,25)/t11?,12?,17-/m0/s1. The molecule has 4 rings (SSSR count). The number of fused-ring (bicyclic) bond motifs is 1. The fraction of sp³-hybridized carbons (Fsp3) is 0.333. The van der Waals surface area contributed by atoms with Crippen molar-refractivity contribution in [2.75, 3.05) is 0 Å². The summed E-state index contributed by atoms with van der Waals surface area (Å²) in [6.07, 6.45) is 4.09. The molecule has 1 aliphatic carbocycles. The van der Waals surface area contributed by atoms with Crippen molar-refractivity contribution in [2.45, 2.75) is 31.9 Å². The first-order valence-corrected chi connectivity index (χ1v) is 8.50. The average molecular weight is 353 g/mol. The Morgan fingerprint density at radius 2 is 2.19 bits per heavy atom. The van der Waals surface area contributed by atoms with Crippen LogP contribution in [0.1, 0.15) is 40.6 Å². The summed E-state index contributed by atoms with van der Waals surface area (Å²) in [6.45, 7) is 1.75. The molecule has 0 aromatic carbocycles. The molecule has 0 spiro atoms. The lowest BCUT2D eigenvalue weighted by Gasteiger charge is -2.37. The van der Waals surface area contributed by atoms with Gasteiger partial charge in [0.05, 0.1) is 29.1 Å². The molecule has 1 saturated carbocycles. The van der Waals surface area contributed by atoms with E-state index in [1.54, 1.807) is 13.1 Å². The Kier molecular flexibility index (Phi) is 4.04. The van der Waals surface area contributed by atoms with E-state index in [2.05, 4.69) is 20.4 Å². The number of hydrogen-bond donors (Lipinski definition) is 3. The quantitative estimate of drug-likeness (QED) is 0.647. The molecule has 134 valence electrons. The van der Waals surface area contributed by atoms with Crippen LogP contribution in [0.3, 0.4) is 0 Å². The molecule has 26 heavy (non-hydrogen) atoms. The van der Waals surface area contributed by atoms with E-state index in [1.807, 2.05) is 18.2 Å². The smallest absolute Gasteiger partial charge is 0.266 e. The van der Waals surface area contributed by atoms with Crippen LogP contribution in [0.4, 0.5) is 0 Å². The van der Waals surface area contributed by atoms with Crippen LogP contribution in [-0.2, 0) is 0 Å². The van der Waals surface area contributed by atoms with E-state index >= 15 is 0 Å². The van der Waals surface area contributed by atoms with Crippen molar-refractivity contribution in [3.8, 4) is 0 Å². The van der Waals surface area contributed by atoms with Gasteiger partial charge in [0.2, 0.25) is 0 Å². The SMILES string of the molecule is Cc1c(C(=O)N[C@H](c2ccccn2)C2CC(O)C2)cnc2cc(=O)[nH]n12. The maximum absolute atomic E-state index is 12.9. The number of hydrogen-bond acceptors (Lipinski definition) is 5. The summed E-state index contributed by atoms with van der Waals surface area (Å²) in [7, 11) is 0. The summed E-state index contributed by atoms with van der Waals surface area (Å²) in [4.78, 5) is 32.9. The summed E-state index contributed by atoms with van der Waals surface area (Å²) >= 11 is 0. The second-order valence-corrected chi connectivity index (χ2v) is 6.66. The molecule has 1 amide bonds. The topological polar surface area (TPSA) is 112 Å². The molecule has 8 nitrogen and oxygen atoms in total. The number of aliphatic hydroxyl groups is 1. The predicted octanol–water partition coefficient (Wildman–Crippen LogP) is 0.968. The Balaban J connectivity index is 1.64.